The summed E-state index contributed by atoms with van der Waals surface area (Å²) in [6, 6.07) is 9.21. The standard InChI is InChI=1S/C12H11N3O2S/c13-10(18)9-6-14-12(17)15(11(9)16)7-8-4-2-1-3-5-8/h1-6H,7H2,(H2,13,18)(H,14,17). The maximum Gasteiger partial charge on any atom is 0.328 e. The molecule has 0 saturated heterocycles. The molecule has 0 saturated carbocycles. The van der Waals surface area contributed by atoms with Gasteiger partial charge in [0.05, 0.1) is 12.1 Å². The fourth-order valence-corrected chi connectivity index (χ4v) is 1.74. The van der Waals surface area contributed by atoms with Crippen LogP contribution in [0.25, 0.3) is 0 Å². The zero-order valence-corrected chi connectivity index (χ0v) is 10.2. The number of nitrogens with zero attached hydrogens (tertiary/aromatic N) is 1. The molecule has 1 aromatic carbocycles. The minimum absolute atomic E-state index is 0.0296. The fourth-order valence-electron chi connectivity index (χ4n) is 1.60. The highest BCUT2D eigenvalue weighted by molar-refractivity contribution is 7.80. The van der Waals surface area contributed by atoms with Gasteiger partial charge in [-0.05, 0) is 5.56 Å². The smallest absolute Gasteiger partial charge is 0.328 e. The SMILES string of the molecule is NC(=S)c1c[nH]c(=O)n(Cc2ccccc2)c1=O. The highest BCUT2D eigenvalue weighted by atomic mass is 32.1. The molecule has 0 aliphatic heterocycles. The molecule has 2 aromatic rings. The first-order valence-corrected chi connectivity index (χ1v) is 5.66. The Labute approximate surface area is 108 Å². The van der Waals surface area contributed by atoms with Crippen molar-refractivity contribution >= 4 is 17.2 Å². The van der Waals surface area contributed by atoms with Crippen molar-refractivity contribution in [1.82, 2.24) is 9.55 Å². The van der Waals surface area contributed by atoms with E-state index in [1.54, 1.807) is 0 Å². The van der Waals surface area contributed by atoms with E-state index in [0.717, 1.165) is 10.1 Å². The van der Waals surface area contributed by atoms with Gasteiger partial charge in [-0.1, -0.05) is 42.5 Å². The molecule has 0 aliphatic rings. The number of nitrogens with two attached hydrogens (primary N) is 1. The number of thiocarbonyl (C=S) groups is 1. The van der Waals surface area contributed by atoms with Crippen LogP contribution < -0.4 is 17.0 Å². The Morgan fingerprint density at radius 3 is 2.56 bits per heavy atom. The second-order valence-corrected chi connectivity index (χ2v) is 4.19. The Morgan fingerprint density at radius 1 is 1.28 bits per heavy atom. The van der Waals surface area contributed by atoms with Gasteiger partial charge in [0.1, 0.15) is 4.99 Å². The number of H-pyrrole nitrogens is 1. The van der Waals surface area contributed by atoms with Crippen molar-refractivity contribution in [2.24, 2.45) is 5.73 Å². The monoisotopic (exact) mass is 261 g/mol. The van der Waals surface area contributed by atoms with E-state index in [1.165, 1.54) is 6.20 Å². The maximum atomic E-state index is 12.0. The van der Waals surface area contributed by atoms with Crippen LogP contribution in [-0.2, 0) is 6.54 Å². The molecule has 0 spiro atoms. The van der Waals surface area contributed by atoms with E-state index in [9.17, 15) is 9.59 Å². The Kier molecular flexibility index (Phi) is 3.38. The zero-order chi connectivity index (χ0) is 13.1. The lowest BCUT2D eigenvalue weighted by Gasteiger charge is -2.06. The highest BCUT2D eigenvalue weighted by Gasteiger charge is 2.09. The number of rotatable bonds is 3. The molecule has 0 aliphatic carbocycles. The van der Waals surface area contributed by atoms with Crippen LogP contribution in [0.2, 0.25) is 0 Å². The van der Waals surface area contributed by atoms with Gasteiger partial charge in [-0.2, -0.15) is 0 Å². The third-order valence-electron chi connectivity index (χ3n) is 2.51. The second kappa shape index (κ2) is 4.97. The van der Waals surface area contributed by atoms with Crippen molar-refractivity contribution in [3.05, 3.63) is 68.5 Å². The Bertz CT molecular complexity index is 688. The molecule has 1 heterocycles. The van der Waals surface area contributed by atoms with Crippen LogP contribution in [0, 0.1) is 0 Å². The predicted octanol–water partition coefficient (Wildman–Crippen LogP) is 0.219. The molecule has 0 amide bonds. The van der Waals surface area contributed by atoms with Crippen LogP contribution in [0.4, 0.5) is 0 Å². The van der Waals surface area contributed by atoms with Crippen molar-refractivity contribution in [1.29, 1.82) is 0 Å². The first kappa shape index (κ1) is 12.3. The van der Waals surface area contributed by atoms with Crippen LogP contribution in [0.1, 0.15) is 11.1 Å². The van der Waals surface area contributed by atoms with Crippen LogP contribution in [0.5, 0.6) is 0 Å². The van der Waals surface area contributed by atoms with Crippen molar-refractivity contribution < 1.29 is 0 Å². The number of hydrogen-bond acceptors (Lipinski definition) is 3. The summed E-state index contributed by atoms with van der Waals surface area (Å²) in [6.07, 6.45) is 1.24. The minimum atomic E-state index is -0.483. The van der Waals surface area contributed by atoms with Crippen molar-refractivity contribution in [2.45, 2.75) is 6.54 Å². The van der Waals surface area contributed by atoms with Crippen molar-refractivity contribution in [3.8, 4) is 0 Å². The van der Waals surface area contributed by atoms with Gasteiger partial charge in [0.15, 0.2) is 0 Å². The van der Waals surface area contributed by atoms with Crippen molar-refractivity contribution in [2.75, 3.05) is 0 Å². The van der Waals surface area contributed by atoms with E-state index in [-0.39, 0.29) is 17.1 Å². The van der Waals surface area contributed by atoms with Gasteiger partial charge in [-0.15, -0.1) is 0 Å². The van der Waals surface area contributed by atoms with Gasteiger partial charge in [0.25, 0.3) is 5.56 Å². The van der Waals surface area contributed by atoms with E-state index in [4.69, 9.17) is 18.0 Å². The molecule has 0 bridgehead atoms. The van der Waals surface area contributed by atoms with Gasteiger partial charge < -0.3 is 10.7 Å². The third kappa shape index (κ3) is 2.38. The van der Waals surface area contributed by atoms with Gasteiger partial charge >= 0.3 is 5.69 Å². The molecule has 1 aromatic heterocycles. The summed E-state index contributed by atoms with van der Waals surface area (Å²) in [5.41, 5.74) is 5.46. The molecule has 0 unspecified atom stereocenters. The molecule has 18 heavy (non-hydrogen) atoms. The zero-order valence-electron chi connectivity index (χ0n) is 9.42. The molecule has 0 fully saturated rings. The molecule has 3 N–H and O–H groups in total. The summed E-state index contributed by atoms with van der Waals surface area (Å²) in [5.74, 6) is 0. The van der Waals surface area contributed by atoms with Crippen LogP contribution in [-0.4, -0.2) is 14.5 Å². The molecular weight excluding hydrogens is 250 g/mol. The summed E-state index contributed by atoms with van der Waals surface area (Å²) < 4.78 is 1.07. The first-order chi connectivity index (χ1) is 8.59. The predicted molar refractivity (Wildman–Crippen MR) is 72.8 cm³/mol. The van der Waals surface area contributed by atoms with Crippen LogP contribution in [0.3, 0.4) is 0 Å². The summed E-state index contributed by atoms with van der Waals surface area (Å²) in [6.45, 7) is 0.186. The second-order valence-electron chi connectivity index (χ2n) is 3.75. The van der Waals surface area contributed by atoms with Crippen LogP contribution >= 0.6 is 12.2 Å². The van der Waals surface area contributed by atoms with E-state index in [2.05, 4.69) is 4.98 Å². The lowest BCUT2D eigenvalue weighted by atomic mass is 10.2. The Hall–Kier alpha value is -2.21. The molecule has 5 nitrogen and oxygen atoms in total. The summed E-state index contributed by atoms with van der Waals surface area (Å²) >= 11 is 4.76. The lowest BCUT2D eigenvalue weighted by molar-refractivity contribution is 0.697. The number of nitrogens with one attached hydrogen (secondary N) is 1. The molecule has 92 valence electrons. The molecular formula is C12H11N3O2S. The number of aromatic nitrogens is 2. The molecule has 0 atom stereocenters. The Morgan fingerprint density at radius 2 is 1.94 bits per heavy atom. The van der Waals surface area contributed by atoms with E-state index < -0.39 is 11.2 Å². The molecule has 2 rings (SSSR count). The number of benzene rings is 1. The highest BCUT2D eigenvalue weighted by Crippen LogP contribution is 1.99. The third-order valence-corrected chi connectivity index (χ3v) is 2.73. The van der Waals surface area contributed by atoms with Gasteiger partial charge in [0, 0.05) is 6.20 Å². The molecule has 6 heteroatoms. The molecule has 0 radical (unpaired) electrons. The van der Waals surface area contributed by atoms with Crippen LogP contribution in [0.15, 0.2) is 46.1 Å². The lowest BCUT2D eigenvalue weighted by Crippen LogP contribution is -2.39. The van der Waals surface area contributed by atoms with Crippen molar-refractivity contribution in [3.63, 3.8) is 0 Å². The minimum Gasteiger partial charge on any atom is -0.389 e. The van der Waals surface area contributed by atoms with Gasteiger partial charge in [0.2, 0.25) is 0 Å². The van der Waals surface area contributed by atoms with E-state index >= 15 is 0 Å². The maximum absolute atomic E-state index is 12.0. The summed E-state index contributed by atoms with van der Waals surface area (Å²) in [4.78, 5) is 26.1. The van der Waals surface area contributed by atoms with E-state index in [1.807, 2.05) is 30.3 Å². The normalized spacial score (nSPS) is 10.2. The topological polar surface area (TPSA) is 80.9 Å². The summed E-state index contributed by atoms with van der Waals surface area (Å²) in [5, 5.41) is 0. The van der Waals surface area contributed by atoms with Gasteiger partial charge in [-0.25, -0.2) is 4.79 Å². The number of hydrogen-bond donors (Lipinski definition) is 2. The largest absolute Gasteiger partial charge is 0.389 e. The average molecular weight is 261 g/mol. The van der Waals surface area contributed by atoms with E-state index in [0.29, 0.717) is 0 Å². The number of aromatic amines is 1. The summed E-state index contributed by atoms with van der Waals surface area (Å²) in [7, 11) is 0. The fraction of sp³-hybridized carbons (Fsp3) is 0.0833. The quantitative estimate of drug-likeness (QED) is 0.774. The average Bonchev–Trinajstić information content (AvgIpc) is 2.35. The first-order valence-electron chi connectivity index (χ1n) is 5.26. The Balaban J connectivity index is 2.51. The van der Waals surface area contributed by atoms with Gasteiger partial charge in [-0.3, -0.25) is 9.36 Å².